The van der Waals surface area contributed by atoms with Crippen LogP contribution in [0.3, 0.4) is 0 Å². The van der Waals surface area contributed by atoms with Crippen LogP contribution in [0.5, 0.6) is 0 Å². The molecule has 0 aromatic rings. The molecular formula is C12H22N2S. The van der Waals surface area contributed by atoms with Gasteiger partial charge in [-0.05, 0) is 19.3 Å². The van der Waals surface area contributed by atoms with Crippen LogP contribution in [0, 0.1) is 0 Å². The number of nitrogens with zero attached hydrogens (tertiary/aromatic N) is 1. The van der Waals surface area contributed by atoms with Crippen molar-refractivity contribution in [2.75, 3.05) is 37.7 Å². The lowest BCUT2D eigenvalue weighted by Crippen LogP contribution is -2.40. The summed E-state index contributed by atoms with van der Waals surface area (Å²) in [5.41, 5.74) is 0. The highest BCUT2D eigenvalue weighted by Crippen LogP contribution is 2.10. The van der Waals surface area contributed by atoms with Crippen LogP contribution in [0.1, 0.15) is 19.3 Å². The summed E-state index contributed by atoms with van der Waals surface area (Å²) >= 11 is 2.09. The molecule has 1 aliphatic heterocycles. The van der Waals surface area contributed by atoms with Gasteiger partial charge in [0.25, 0.3) is 0 Å². The average molecular weight is 226 g/mol. The molecule has 2 aliphatic rings. The minimum absolute atomic E-state index is 0.651. The molecule has 0 aromatic carbocycles. The minimum Gasteiger partial charge on any atom is -0.309 e. The van der Waals surface area contributed by atoms with Gasteiger partial charge in [-0.2, -0.15) is 11.8 Å². The molecule has 1 aliphatic carbocycles. The zero-order valence-corrected chi connectivity index (χ0v) is 10.3. The molecule has 1 fully saturated rings. The van der Waals surface area contributed by atoms with Gasteiger partial charge in [0.05, 0.1) is 0 Å². The molecule has 0 radical (unpaired) electrons. The fraction of sp³-hybridized carbons (Fsp3) is 0.833. The van der Waals surface area contributed by atoms with Crippen molar-refractivity contribution in [3.8, 4) is 0 Å². The molecule has 0 saturated carbocycles. The summed E-state index contributed by atoms with van der Waals surface area (Å²) in [4.78, 5) is 2.58. The van der Waals surface area contributed by atoms with Gasteiger partial charge in [-0.15, -0.1) is 0 Å². The van der Waals surface area contributed by atoms with Crippen LogP contribution in [0.4, 0.5) is 0 Å². The molecule has 1 atom stereocenters. The molecule has 1 saturated heterocycles. The van der Waals surface area contributed by atoms with Crippen LogP contribution < -0.4 is 5.32 Å². The maximum atomic E-state index is 3.63. The van der Waals surface area contributed by atoms with Gasteiger partial charge in [-0.3, -0.25) is 0 Å². The van der Waals surface area contributed by atoms with Crippen LogP contribution >= 0.6 is 11.8 Å². The van der Waals surface area contributed by atoms with Gasteiger partial charge in [0, 0.05) is 43.7 Å². The highest BCUT2D eigenvalue weighted by molar-refractivity contribution is 7.99. The average Bonchev–Trinajstić information content (AvgIpc) is 2.32. The van der Waals surface area contributed by atoms with Crippen molar-refractivity contribution in [1.82, 2.24) is 10.2 Å². The third kappa shape index (κ3) is 4.17. The Morgan fingerprint density at radius 2 is 2.20 bits per heavy atom. The van der Waals surface area contributed by atoms with E-state index in [1.807, 2.05) is 0 Å². The summed E-state index contributed by atoms with van der Waals surface area (Å²) in [6.45, 7) is 4.95. The number of hydrogen-bond acceptors (Lipinski definition) is 3. The molecule has 15 heavy (non-hydrogen) atoms. The van der Waals surface area contributed by atoms with E-state index in [4.69, 9.17) is 0 Å². The molecule has 86 valence electrons. The molecular weight excluding hydrogens is 204 g/mol. The zero-order valence-electron chi connectivity index (χ0n) is 9.45. The Hall–Kier alpha value is 0.0100. The van der Waals surface area contributed by atoms with Crippen LogP contribution in [0.25, 0.3) is 0 Å². The lowest BCUT2D eigenvalue weighted by Gasteiger charge is -2.27. The SMILES string of the molecule is C1=CC(NCCN2CCSCC2)CCC1. The Kier molecular flexibility index (Phi) is 5.03. The Labute approximate surface area is 97.5 Å². The van der Waals surface area contributed by atoms with Crippen molar-refractivity contribution < 1.29 is 0 Å². The van der Waals surface area contributed by atoms with E-state index in [0.717, 1.165) is 6.54 Å². The standard InChI is InChI=1S/C12H22N2S/c1-2-4-12(5-3-1)13-6-7-14-8-10-15-11-9-14/h2,4,12-13H,1,3,5-11H2. The van der Waals surface area contributed by atoms with Gasteiger partial charge < -0.3 is 10.2 Å². The normalized spacial score (nSPS) is 28.1. The number of nitrogens with one attached hydrogen (secondary N) is 1. The smallest absolute Gasteiger partial charge is 0.0250 e. The number of thioether (sulfide) groups is 1. The minimum atomic E-state index is 0.651. The van der Waals surface area contributed by atoms with E-state index in [0.29, 0.717) is 6.04 Å². The third-order valence-electron chi connectivity index (χ3n) is 3.19. The molecule has 0 spiro atoms. The first kappa shape index (κ1) is 11.5. The van der Waals surface area contributed by atoms with E-state index in [9.17, 15) is 0 Å². The number of allylic oxidation sites excluding steroid dienone is 1. The summed E-state index contributed by atoms with van der Waals surface area (Å²) in [5.74, 6) is 2.65. The van der Waals surface area contributed by atoms with E-state index in [1.165, 1.54) is 50.4 Å². The summed E-state index contributed by atoms with van der Waals surface area (Å²) in [6, 6.07) is 0.651. The van der Waals surface area contributed by atoms with E-state index in [1.54, 1.807) is 0 Å². The molecule has 3 heteroatoms. The van der Waals surface area contributed by atoms with Crippen molar-refractivity contribution in [3.05, 3.63) is 12.2 Å². The summed E-state index contributed by atoms with van der Waals surface area (Å²) in [6.07, 6.45) is 8.62. The Morgan fingerprint density at radius 3 is 2.93 bits per heavy atom. The second-order valence-electron chi connectivity index (χ2n) is 4.37. The zero-order chi connectivity index (χ0) is 10.3. The topological polar surface area (TPSA) is 15.3 Å². The molecule has 2 nitrogen and oxygen atoms in total. The van der Waals surface area contributed by atoms with E-state index in [-0.39, 0.29) is 0 Å². The van der Waals surface area contributed by atoms with Crippen LogP contribution in [-0.4, -0.2) is 48.6 Å². The number of hydrogen-bond donors (Lipinski definition) is 1. The summed E-state index contributed by atoms with van der Waals surface area (Å²) < 4.78 is 0. The van der Waals surface area contributed by atoms with Crippen molar-refractivity contribution >= 4 is 11.8 Å². The lowest BCUT2D eigenvalue weighted by molar-refractivity contribution is 0.296. The van der Waals surface area contributed by atoms with Crippen LogP contribution in [0.15, 0.2) is 12.2 Å². The van der Waals surface area contributed by atoms with E-state index in [2.05, 4.69) is 34.1 Å². The quantitative estimate of drug-likeness (QED) is 0.735. The number of rotatable bonds is 4. The third-order valence-corrected chi connectivity index (χ3v) is 4.14. The fourth-order valence-electron chi connectivity index (χ4n) is 2.22. The Bertz CT molecular complexity index is 200. The second-order valence-corrected chi connectivity index (χ2v) is 5.60. The van der Waals surface area contributed by atoms with E-state index < -0.39 is 0 Å². The fourth-order valence-corrected chi connectivity index (χ4v) is 3.19. The summed E-state index contributed by atoms with van der Waals surface area (Å²) in [7, 11) is 0. The molecule has 1 heterocycles. The molecule has 1 unspecified atom stereocenters. The molecule has 0 bridgehead atoms. The van der Waals surface area contributed by atoms with Gasteiger partial charge in [-0.1, -0.05) is 12.2 Å². The predicted octanol–water partition coefficient (Wildman–Crippen LogP) is 1.73. The Balaban J connectivity index is 1.57. The maximum absolute atomic E-state index is 3.63. The van der Waals surface area contributed by atoms with Crippen molar-refractivity contribution in [2.24, 2.45) is 0 Å². The van der Waals surface area contributed by atoms with Gasteiger partial charge in [-0.25, -0.2) is 0 Å². The maximum Gasteiger partial charge on any atom is 0.0250 e. The van der Waals surface area contributed by atoms with Crippen molar-refractivity contribution in [2.45, 2.75) is 25.3 Å². The lowest BCUT2D eigenvalue weighted by atomic mass is 10.0. The van der Waals surface area contributed by atoms with Gasteiger partial charge in [0.15, 0.2) is 0 Å². The first-order valence-electron chi connectivity index (χ1n) is 6.15. The molecule has 0 aromatic heterocycles. The first-order chi connectivity index (χ1) is 7.45. The second kappa shape index (κ2) is 6.56. The van der Waals surface area contributed by atoms with Crippen LogP contribution in [-0.2, 0) is 0 Å². The molecule has 0 amide bonds. The van der Waals surface area contributed by atoms with E-state index >= 15 is 0 Å². The van der Waals surface area contributed by atoms with Gasteiger partial charge >= 0.3 is 0 Å². The highest BCUT2D eigenvalue weighted by atomic mass is 32.2. The van der Waals surface area contributed by atoms with Crippen molar-refractivity contribution in [1.29, 1.82) is 0 Å². The summed E-state index contributed by atoms with van der Waals surface area (Å²) in [5, 5.41) is 3.63. The monoisotopic (exact) mass is 226 g/mol. The highest BCUT2D eigenvalue weighted by Gasteiger charge is 2.11. The van der Waals surface area contributed by atoms with Crippen molar-refractivity contribution in [3.63, 3.8) is 0 Å². The van der Waals surface area contributed by atoms with Gasteiger partial charge in [0.2, 0.25) is 0 Å². The largest absolute Gasteiger partial charge is 0.309 e. The predicted molar refractivity (Wildman–Crippen MR) is 68.5 cm³/mol. The Morgan fingerprint density at radius 1 is 1.33 bits per heavy atom. The molecule has 1 N–H and O–H groups in total. The van der Waals surface area contributed by atoms with Gasteiger partial charge in [0.1, 0.15) is 0 Å². The molecule has 2 rings (SSSR count). The van der Waals surface area contributed by atoms with Crippen LogP contribution in [0.2, 0.25) is 0 Å². The first-order valence-corrected chi connectivity index (χ1v) is 7.31.